The first kappa shape index (κ1) is 30.6. The second-order valence-electron chi connectivity index (χ2n) is 11.1. The summed E-state index contributed by atoms with van der Waals surface area (Å²) in [5, 5.41) is 22.1. The Balaban J connectivity index is 1.74. The van der Waals surface area contributed by atoms with Crippen molar-refractivity contribution in [1.29, 1.82) is 0 Å². The number of alkyl halides is 3. The van der Waals surface area contributed by atoms with Crippen LogP contribution in [0, 0.1) is 5.92 Å². The molecule has 1 saturated carbocycles. The van der Waals surface area contributed by atoms with E-state index in [-0.39, 0.29) is 38.6 Å². The summed E-state index contributed by atoms with van der Waals surface area (Å²) in [6, 6.07) is 12.6. The Kier molecular flexibility index (Phi) is 9.47. The number of nitrogens with one attached hydrogen (secondary N) is 1. The molecule has 3 N–H and O–H groups in total. The van der Waals surface area contributed by atoms with Gasteiger partial charge in [0, 0.05) is 28.7 Å². The molecule has 1 atom stereocenters. The summed E-state index contributed by atoms with van der Waals surface area (Å²) in [6.45, 7) is 4.11. The number of aliphatic hydroxyl groups excluding tert-OH is 1. The lowest BCUT2D eigenvalue weighted by atomic mass is 9.62. The number of amides is 1. The van der Waals surface area contributed by atoms with Crippen molar-refractivity contribution >= 4 is 17.4 Å². The molecule has 0 aromatic heterocycles. The number of rotatable bonds is 10. The number of aliphatic carboxylic acids is 1. The molecule has 1 unspecified atom stereocenters. The molecule has 2 aromatic rings. The minimum absolute atomic E-state index is 0.00178. The highest BCUT2D eigenvalue weighted by Crippen LogP contribution is 2.51. The molecular weight excluding hydrogens is 535 g/mol. The number of fused-ring (bicyclic) bond motifs is 1. The highest BCUT2D eigenvalue weighted by atomic mass is 19.4. The highest BCUT2D eigenvalue weighted by Gasteiger charge is 2.47. The number of ether oxygens (including phenoxy) is 1. The molecule has 1 amide bonds. The Hall–Kier alpha value is -3.33. The van der Waals surface area contributed by atoms with E-state index in [1.54, 1.807) is 24.3 Å². The van der Waals surface area contributed by atoms with Crippen LogP contribution < -0.4 is 10.1 Å². The molecule has 4 rings (SSSR count). The number of benzene rings is 2. The molecule has 41 heavy (non-hydrogen) atoms. The molecule has 1 aliphatic heterocycles. The van der Waals surface area contributed by atoms with Crippen molar-refractivity contribution in [2.24, 2.45) is 5.92 Å². The Morgan fingerprint density at radius 3 is 2.22 bits per heavy atom. The van der Waals surface area contributed by atoms with Gasteiger partial charge in [0.05, 0.1) is 12.3 Å². The van der Waals surface area contributed by atoms with Crippen LogP contribution in [-0.4, -0.2) is 41.1 Å². The van der Waals surface area contributed by atoms with Crippen molar-refractivity contribution in [3.8, 4) is 5.75 Å². The molecule has 0 saturated heterocycles. The van der Waals surface area contributed by atoms with E-state index in [2.05, 4.69) is 12.2 Å². The lowest BCUT2D eigenvalue weighted by Crippen LogP contribution is -2.37. The first-order valence-electron chi connectivity index (χ1n) is 14.4. The summed E-state index contributed by atoms with van der Waals surface area (Å²) in [5.74, 6) is -2.22. The zero-order chi connectivity index (χ0) is 29.8. The maximum Gasteiger partial charge on any atom is 0.391 e. The summed E-state index contributed by atoms with van der Waals surface area (Å²) >= 11 is 0. The molecule has 0 bridgehead atoms. The summed E-state index contributed by atoms with van der Waals surface area (Å²) in [6.07, 6.45) is -1.74. The first-order valence-corrected chi connectivity index (χ1v) is 14.4. The average Bonchev–Trinajstić information content (AvgIpc) is 2.94. The Labute approximate surface area is 238 Å². The molecule has 0 radical (unpaired) electrons. The standard InChI is InChI=1S/C32H38F3NO5/c1-3-5-24-25(6-4-2)30(40)41-27-12-11-23(19-26(24)27)31(16-13-22(14-17-31)32(33,34)35)21-9-7-20(8-10-21)29(39)36-18-15-28(37)38/h7-12,19,22,30,40H,3-6,13-18H2,1-2H3,(H,36,39)(H,37,38). The smallest absolute Gasteiger partial charge is 0.391 e. The molecule has 9 heteroatoms. The van der Waals surface area contributed by atoms with Gasteiger partial charge in [-0.05, 0) is 79.5 Å². The number of carboxylic acids is 1. The molecule has 1 fully saturated rings. The SMILES string of the molecule is CCCC1=C(CCC)C(O)Oc2ccc(C3(c4ccc(C(=O)NCCC(=O)O)cc4)CCC(C(F)(F)F)CC3)cc21. The first-order chi connectivity index (χ1) is 19.5. The molecule has 222 valence electrons. The largest absolute Gasteiger partial charge is 0.481 e. The van der Waals surface area contributed by atoms with Crippen molar-refractivity contribution < 1.29 is 37.7 Å². The van der Waals surface area contributed by atoms with Crippen molar-refractivity contribution in [1.82, 2.24) is 5.32 Å². The maximum absolute atomic E-state index is 13.7. The summed E-state index contributed by atoms with van der Waals surface area (Å²) in [5.41, 5.74) is 4.14. The van der Waals surface area contributed by atoms with Crippen LogP contribution in [0.4, 0.5) is 13.2 Å². The summed E-state index contributed by atoms with van der Waals surface area (Å²) in [4.78, 5) is 23.3. The molecule has 6 nitrogen and oxygen atoms in total. The van der Waals surface area contributed by atoms with E-state index < -0.39 is 35.7 Å². The molecule has 0 spiro atoms. The monoisotopic (exact) mass is 573 g/mol. The summed E-state index contributed by atoms with van der Waals surface area (Å²) < 4.78 is 46.9. The third kappa shape index (κ3) is 6.61. The van der Waals surface area contributed by atoms with Crippen LogP contribution in [0.5, 0.6) is 5.75 Å². The van der Waals surface area contributed by atoms with Crippen molar-refractivity contribution in [3.63, 3.8) is 0 Å². The number of aliphatic hydroxyl groups is 1. The quantitative estimate of drug-likeness (QED) is 0.285. The van der Waals surface area contributed by atoms with Gasteiger partial charge in [0.15, 0.2) is 0 Å². The molecule has 1 aliphatic carbocycles. The van der Waals surface area contributed by atoms with Crippen LogP contribution in [0.3, 0.4) is 0 Å². The van der Waals surface area contributed by atoms with E-state index >= 15 is 0 Å². The molecular formula is C32H38F3NO5. The summed E-state index contributed by atoms with van der Waals surface area (Å²) in [7, 11) is 0. The van der Waals surface area contributed by atoms with E-state index in [9.17, 15) is 27.9 Å². The minimum Gasteiger partial charge on any atom is -0.481 e. The van der Waals surface area contributed by atoms with Gasteiger partial charge in [0.1, 0.15) is 5.75 Å². The van der Waals surface area contributed by atoms with E-state index in [1.807, 2.05) is 25.1 Å². The zero-order valence-corrected chi connectivity index (χ0v) is 23.5. The predicted octanol–water partition coefficient (Wildman–Crippen LogP) is 6.99. The molecule has 1 heterocycles. The highest BCUT2D eigenvalue weighted by molar-refractivity contribution is 5.94. The maximum atomic E-state index is 13.7. The van der Waals surface area contributed by atoms with E-state index in [0.717, 1.165) is 47.1 Å². The predicted molar refractivity (Wildman–Crippen MR) is 150 cm³/mol. The zero-order valence-electron chi connectivity index (χ0n) is 23.5. The van der Waals surface area contributed by atoms with Gasteiger partial charge in [0.2, 0.25) is 6.29 Å². The van der Waals surface area contributed by atoms with Crippen molar-refractivity contribution in [2.45, 2.75) is 89.5 Å². The minimum atomic E-state index is -4.25. The number of halogens is 3. The van der Waals surface area contributed by atoms with Crippen LogP contribution in [0.25, 0.3) is 5.57 Å². The fourth-order valence-corrected chi connectivity index (χ4v) is 6.28. The number of carbonyl (C=O) groups is 2. The normalized spacial score (nSPS) is 22.6. The fraction of sp³-hybridized carbons (Fsp3) is 0.500. The molecule has 2 aromatic carbocycles. The fourth-order valence-electron chi connectivity index (χ4n) is 6.28. The lowest BCUT2D eigenvalue weighted by molar-refractivity contribution is -0.184. The lowest BCUT2D eigenvalue weighted by Gasteiger charge is -2.42. The average molecular weight is 574 g/mol. The number of allylic oxidation sites excluding steroid dienone is 1. The van der Waals surface area contributed by atoms with Crippen LogP contribution in [0.1, 0.15) is 98.7 Å². The van der Waals surface area contributed by atoms with Gasteiger partial charge in [-0.2, -0.15) is 13.2 Å². The third-order valence-corrected chi connectivity index (χ3v) is 8.43. The van der Waals surface area contributed by atoms with E-state index in [4.69, 9.17) is 9.84 Å². The second-order valence-corrected chi connectivity index (χ2v) is 11.1. The Morgan fingerprint density at radius 1 is 1.00 bits per heavy atom. The van der Waals surface area contributed by atoms with Crippen molar-refractivity contribution in [2.75, 3.05) is 6.54 Å². The second kappa shape index (κ2) is 12.7. The Bertz CT molecular complexity index is 1280. The van der Waals surface area contributed by atoms with Gasteiger partial charge in [-0.15, -0.1) is 0 Å². The van der Waals surface area contributed by atoms with Gasteiger partial charge >= 0.3 is 12.1 Å². The van der Waals surface area contributed by atoms with Gasteiger partial charge in [-0.1, -0.05) is 44.9 Å². The number of carbonyl (C=O) groups excluding carboxylic acids is 1. The van der Waals surface area contributed by atoms with Crippen LogP contribution in [0.2, 0.25) is 0 Å². The number of hydrogen-bond donors (Lipinski definition) is 3. The van der Waals surface area contributed by atoms with E-state index in [1.165, 1.54) is 0 Å². The van der Waals surface area contributed by atoms with Gasteiger partial charge < -0.3 is 20.3 Å². The number of carboxylic acid groups (broad SMARTS) is 1. The van der Waals surface area contributed by atoms with Crippen molar-refractivity contribution in [3.05, 3.63) is 70.3 Å². The van der Waals surface area contributed by atoms with E-state index in [0.29, 0.717) is 17.7 Å². The van der Waals surface area contributed by atoms with Gasteiger partial charge in [-0.25, -0.2) is 0 Å². The third-order valence-electron chi connectivity index (χ3n) is 8.43. The molecule has 2 aliphatic rings. The van der Waals surface area contributed by atoms with Crippen LogP contribution >= 0.6 is 0 Å². The Morgan fingerprint density at radius 2 is 1.63 bits per heavy atom. The van der Waals surface area contributed by atoms with Crippen LogP contribution in [-0.2, 0) is 10.2 Å². The van der Waals surface area contributed by atoms with Crippen LogP contribution in [0.15, 0.2) is 48.0 Å². The topological polar surface area (TPSA) is 95.9 Å². The van der Waals surface area contributed by atoms with Gasteiger partial charge in [0.25, 0.3) is 5.91 Å². The van der Waals surface area contributed by atoms with Gasteiger partial charge in [-0.3, -0.25) is 9.59 Å². The number of hydrogen-bond acceptors (Lipinski definition) is 4.